The second kappa shape index (κ2) is 9.61. The van der Waals surface area contributed by atoms with E-state index in [1.54, 1.807) is 24.3 Å². The molecule has 1 unspecified atom stereocenters. The summed E-state index contributed by atoms with van der Waals surface area (Å²) < 4.78 is 54.2. The standard InChI is InChI=1S/C22H16ClF3O5/c23-16-5-11-18(12-6-16)30-13-29-17-7-1-14(2-8-17)20(21(27)28)31-19-9-3-15(4-10-19)22(24,25)26/h1-12,20H,13H2,(H,27,28). The van der Waals surface area contributed by atoms with Crippen LogP contribution >= 0.6 is 11.6 Å². The molecule has 0 fully saturated rings. The van der Waals surface area contributed by atoms with Crippen molar-refractivity contribution in [3.63, 3.8) is 0 Å². The minimum absolute atomic E-state index is 0.00269. The molecule has 1 atom stereocenters. The third kappa shape index (κ3) is 6.29. The molecule has 3 aromatic rings. The van der Waals surface area contributed by atoms with Gasteiger partial charge in [0.15, 0.2) is 0 Å². The summed E-state index contributed by atoms with van der Waals surface area (Å²) in [6.45, 7) is -0.0780. The predicted octanol–water partition coefficient (Wildman–Crippen LogP) is 5.98. The molecule has 1 N–H and O–H groups in total. The molecule has 0 aromatic heterocycles. The molecule has 0 bridgehead atoms. The highest BCUT2D eigenvalue weighted by atomic mass is 35.5. The Morgan fingerprint density at radius 2 is 1.32 bits per heavy atom. The Bertz CT molecular complexity index is 1000. The highest BCUT2D eigenvalue weighted by Gasteiger charge is 2.30. The highest BCUT2D eigenvalue weighted by molar-refractivity contribution is 6.30. The fourth-order valence-corrected chi connectivity index (χ4v) is 2.68. The average Bonchev–Trinajstić information content (AvgIpc) is 2.73. The van der Waals surface area contributed by atoms with Crippen molar-refractivity contribution in [1.82, 2.24) is 0 Å². The largest absolute Gasteiger partial charge is 0.478 e. The fraction of sp³-hybridized carbons (Fsp3) is 0.136. The zero-order valence-electron chi connectivity index (χ0n) is 15.8. The first-order chi connectivity index (χ1) is 14.7. The maximum absolute atomic E-state index is 12.7. The minimum atomic E-state index is -4.49. The molecule has 3 rings (SSSR count). The molecule has 0 amide bonds. The molecule has 0 radical (unpaired) electrons. The topological polar surface area (TPSA) is 65.0 Å². The third-order valence-electron chi connectivity index (χ3n) is 4.11. The molecule has 0 aliphatic heterocycles. The van der Waals surface area contributed by atoms with Gasteiger partial charge in [-0.1, -0.05) is 23.7 Å². The van der Waals surface area contributed by atoms with Crippen LogP contribution in [0.2, 0.25) is 5.02 Å². The highest BCUT2D eigenvalue weighted by Crippen LogP contribution is 2.31. The van der Waals surface area contributed by atoms with E-state index >= 15 is 0 Å². The van der Waals surface area contributed by atoms with Gasteiger partial charge in [-0.25, -0.2) is 4.79 Å². The summed E-state index contributed by atoms with van der Waals surface area (Å²) in [5.74, 6) is -0.301. The Hall–Kier alpha value is -3.39. The molecule has 0 saturated heterocycles. The monoisotopic (exact) mass is 452 g/mol. The van der Waals surface area contributed by atoms with E-state index in [9.17, 15) is 23.1 Å². The van der Waals surface area contributed by atoms with Crippen LogP contribution in [0, 0.1) is 0 Å². The van der Waals surface area contributed by atoms with Gasteiger partial charge in [-0.15, -0.1) is 0 Å². The number of hydrogen-bond acceptors (Lipinski definition) is 4. The average molecular weight is 453 g/mol. The summed E-state index contributed by atoms with van der Waals surface area (Å²) in [5.41, 5.74) is -0.563. The smallest absolute Gasteiger partial charge is 0.416 e. The maximum Gasteiger partial charge on any atom is 0.416 e. The van der Waals surface area contributed by atoms with Crippen LogP contribution in [0.3, 0.4) is 0 Å². The molecule has 9 heteroatoms. The van der Waals surface area contributed by atoms with Crippen LogP contribution in [0.5, 0.6) is 17.2 Å². The van der Waals surface area contributed by atoms with Crippen molar-refractivity contribution >= 4 is 17.6 Å². The lowest BCUT2D eigenvalue weighted by Crippen LogP contribution is -2.18. The summed E-state index contributed by atoms with van der Waals surface area (Å²) in [6.07, 6.45) is -5.89. The first-order valence-corrected chi connectivity index (χ1v) is 9.28. The lowest BCUT2D eigenvalue weighted by Gasteiger charge is -2.17. The second-order valence-corrected chi connectivity index (χ2v) is 6.72. The second-order valence-electron chi connectivity index (χ2n) is 6.29. The summed E-state index contributed by atoms with van der Waals surface area (Å²) >= 11 is 5.80. The van der Waals surface area contributed by atoms with E-state index in [4.69, 9.17) is 25.8 Å². The normalized spacial score (nSPS) is 12.1. The zero-order valence-corrected chi connectivity index (χ0v) is 16.6. The van der Waals surface area contributed by atoms with E-state index in [1.165, 1.54) is 24.3 Å². The number of carboxylic acid groups (broad SMARTS) is 1. The Balaban J connectivity index is 1.61. The van der Waals surface area contributed by atoms with Crippen LogP contribution in [0.25, 0.3) is 0 Å². The number of carboxylic acids is 1. The van der Waals surface area contributed by atoms with Crippen LogP contribution in [0.1, 0.15) is 17.2 Å². The van der Waals surface area contributed by atoms with Gasteiger partial charge in [0.05, 0.1) is 5.56 Å². The Morgan fingerprint density at radius 1 is 0.839 bits per heavy atom. The molecule has 0 aliphatic carbocycles. The van der Waals surface area contributed by atoms with Gasteiger partial charge in [-0.2, -0.15) is 13.2 Å². The van der Waals surface area contributed by atoms with Crippen molar-refractivity contribution in [1.29, 1.82) is 0 Å². The number of hydrogen-bond donors (Lipinski definition) is 1. The lowest BCUT2D eigenvalue weighted by atomic mass is 10.1. The number of rotatable bonds is 8. The van der Waals surface area contributed by atoms with Gasteiger partial charge in [0.1, 0.15) is 17.2 Å². The summed E-state index contributed by atoms with van der Waals surface area (Å²) in [6, 6.07) is 16.6. The number of ether oxygens (including phenoxy) is 3. The summed E-state index contributed by atoms with van der Waals surface area (Å²) in [5, 5.41) is 10.0. The molecular formula is C22H16ClF3O5. The lowest BCUT2D eigenvalue weighted by molar-refractivity contribution is -0.145. The number of halogens is 4. The Morgan fingerprint density at radius 3 is 1.81 bits per heavy atom. The van der Waals surface area contributed by atoms with Crippen molar-refractivity contribution in [2.45, 2.75) is 12.3 Å². The Labute approximate surface area is 180 Å². The quantitative estimate of drug-likeness (QED) is 0.426. The fourth-order valence-electron chi connectivity index (χ4n) is 2.55. The van der Waals surface area contributed by atoms with Crippen LogP contribution in [-0.4, -0.2) is 17.9 Å². The van der Waals surface area contributed by atoms with E-state index in [0.717, 1.165) is 24.3 Å². The SMILES string of the molecule is O=C(O)C(Oc1ccc(C(F)(F)F)cc1)c1ccc(OCOc2ccc(Cl)cc2)cc1. The van der Waals surface area contributed by atoms with Gasteiger partial charge in [-0.3, -0.25) is 0 Å². The van der Waals surface area contributed by atoms with Crippen LogP contribution in [-0.2, 0) is 11.0 Å². The van der Waals surface area contributed by atoms with Gasteiger partial charge in [0.25, 0.3) is 0 Å². The van der Waals surface area contributed by atoms with Crippen LogP contribution < -0.4 is 14.2 Å². The molecule has 0 spiro atoms. The van der Waals surface area contributed by atoms with Crippen molar-refractivity contribution in [2.75, 3.05) is 6.79 Å². The summed E-state index contributed by atoms with van der Waals surface area (Å²) in [4.78, 5) is 11.6. The molecule has 0 heterocycles. The van der Waals surface area contributed by atoms with Crippen molar-refractivity contribution in [2.24, 2.45) is 0 Å². The van der Waals surface area contributed by atoms with Gasteiger partial charge in [0, 0.05) is 10.6 Å². The predicted molar refractivity (Wildman–Crippen MR) is 106 cm³/mol. The van der Waals surface area contributed by atoms with Crippen molar-refractivity contribution in [3.05, 3.63) is 88.9 Å². The van der Waals surface area contributed by atoms with Gasteiger partial charge < -0.3 is 19.3 Å². The Kier molecular flexibility index (Phi) is 6.91. The van der Waals surface area contributed by atoms with E-state index in [-0.39, 0.29) is 12.5 Å². The molecule has 31 heavy (non-hydrogen) atoms. The van der Waals surface area contributed by atoms with Gasteiger partial charge in [0.2, 0.25) is 12.9 Å². The number of carbonyl (C=O) groups is 1. The van der Waals surface area contributed by atoms with Gasteiger partial charge in [-0.05, 0) is 60.7 Å². The zero-order chi connectivity index (χ0) is 22.4. The molecule has 0 saturated carbocycles. The number of benzene rings is 3. The molecular weight excluding hydrogens is 437 g/mol. The van der Waals surface area contributed by atoms with E-state index in [0.29, 0.717) is 22.1 Å². The van der Waals surface area contributed by atoms with Crippen molar-refractivity contribution in [3.8, 4) is 17.2 Å². The van der Waals surface area contributed by atoms with Gasteiger partial charge >= 0.3 is 12.1 Å². The number of alkyl halides is 3. The molecule has 3 aromatic carbocycles. The molecule has 5 nitrogen and oxygen atoms in total. The first kappa shape index (κ1) is 22.3. The van der Waals surface area contributed by atoms with Crippen molar-refractivity contribution < 1.29 is 37.3 Å². The minimum Gasteiger partial charge on any atom is -0.478 e. The van der Waals surface area contributed by atoms with E-state index in [2.05, 4.69) is 0 Å². The first-order valence-electron chi connectivity index (χ1n) is 8.90. The molecule has 162 valence electrons. The molecule has 0 aliphatic rings. The van der Waals surface area contributed by atoms with E-state index < -0.39 is 23.8 Å². The van der Waals surface area contributed by atoms with E-state index in [1.807, 2.05) is 0 Å². The summed E-state index contributed by atoms with van der Waals surface area (Å²) in [7, 11) is 0. The van der Waals surface area contributed by atoms with Crippen LogP contribution in [0.4, 0.5) is 13.2 Å². The third-order valence-corrected chi connectivity index (χ3v) is 4.36. The maximum atomic E-state index is 12.7. The van der Waals surface area contributed by atoms with Crippen LogP contribution in [0.15, 0.2) is 72.8 Å². The number of aliphatic carboxylic acids is 1.